The smallest absolute Gasteiger partial charge is 0.0594 e. The topological polar surface area (TPSA) is 42.1 Å². The van der Waals surface area contributed by atoms with Crippen LogP contribution in [-0.2, 0) is 6.54 Å². The standard InChI is InChI=1S/C13H15N3/c1-16(12-5-3-2-4-6-12)13-8-7-11(9-14)15-10-13/h2-8,10H,9,14H2,1H3. The van der Waals surface area contributed by atoms with Crippen molar-refractivity contribution in [2.45, 2.75) is 6.54 Å². The zero-order chi connectivity index (χ0) is 11.4. The van der Waals surface area contributed by atoms with Crippen LogP contribution in [0.3, 0.4) is 0 Å². The first-order chi connectivity index (χ1) is 7.81. The van der Waals surface area contributed by atoms with Crippen molar-refractivity contribution in [3.8, 4) is 0 Å². The molecule has 0 fully saturated rings. The zero-order valence-electron chi connectivity index (χ0n) is 9.30. The van der Waals surface area contributed by atoms with Crippen molar-refractivity contribution in [3.05, 3.63) is 54.4 Å². The van der Waals surface area contributed by atoms with Crippen LogP contribution < -0.4 is 10.6 Å². The average molecular weight is 213 g/mol. The van der Waals surface area contributed by atoms with E-state index in [1.807, 2.05) is 43.6 Å². The molecule has 2 N–H and O–H groups in total. The molecular weight excluding hydrogens is 198 g/mol. The van der Waals surface area contributed by atoms with Gasteiger partial charge in [-0.05, 0) is 24.3 Å². The van der Waals surface area contributed by atoms with Gasteiger partial charge in [0.15, 0.2) is 0 Å². The second kappa shape index (κ2) is 4.77. The van der Waals surface area contributed by atoms with Gasteiger partial charge in [-0.25, -0.2) is 0 Å². The lowest BCUT2D eigenvalue weighted by Crippen LogP contribution is -2.10. The van der Waals surface area contributed by atoms with Crippen molar-refractivity contribution in [1.29, 1.82) is 0 Å². The van der Waals surface area contributed by atoms with Gasteiger partial charge < -0.3 is 10.6 Å². The summed E-state index contributed by atoms with van der Waals surface area (Å²) in [6.45, 7) is 0.481. The van der Waals surface area contributed by atoms with Gasteiger partial charge in [0.05, 0.1) is 17.6 Å². The minimum Gasteiger partial charge on any atom is -0.343 e. The Balaban J connectivity index is 2.24. The summed E-state index contributed by atoms with van der Waals surface area (Å²) in [6, 6.07) is 14.2. The highest BCUT2D eigenvalue weighted by molar-refractivity contribution is 5.61. The summed E-state index contributed by atoms with van der Waals surface area (Å²) in [5.41, 5.74) is 8.62. The van der Waals surface area contributed by atoms with E-state index in [9.17, 15) is 0 Å². The molecule has 0 spiro atoms. The molecule has 1 aromatic carbocycles. The van der Waals surface area contributed by atoms with Crippen LogP contribution in [0.5, 0.6) is 0 Å². The molecule has 0 radical (unpaired) electrons. The lowest BCUT2D eigenvalue weighted by Gasteiger charge is -2.19. The third-order valence-electron chi connectivity index (χ3n) is 2.55. The van der Waals surface area contributed by atoms with Gasteiger partial charge in [0.2, 0.25) is 0 Å². The number of nitrogens with two attached hydrogens (primary N) is 1. The van der Waals surface area contributed by atoms with Crippen LogP contribution in [-0.4, -0.2) is 12.0 Å². The Kier molecular flexibility index (Phi) is 3.17. The normalized spacial score (nSPS) is 10.1. The summed E-state index contributed by atoms with van der Waals surface area (Å²) in [5, 5.41) is 0. The van der Waals surface area contributed by atoms with Crippen molar-refractivity contribution in [2.75, 3.05) is 11.9 Å². The average Bonchev–Trinajstić information content (AvgIpc) is 2.39. The van der Waals surface area contributed by atoms with E-state index in [-0.39, 0.29) is 0 Å². The van der Waals surface area contributed by atoms with E-state index in [2.05, 4.69) is 22.0 Å². The Morgan fingerprint density at radius 3 is 2.38 bits per heavy atom. The molecule has 0 bridgehead atoms. The fraction of sp³-hybridized carbons (Fsp3) is 0.154. The predicted octanol–water partition coefficient (Wildman–Crippen LogP) is 2.31. The lowest BCUT2D eigenvalue weighted by molar-refractivity contribution is 0.986. The van der Waals surface area contributed by atoms with E-state index in [1.54, 1.807) is 0 Å². The highest BCUT2D eigenvalue weighted by atomic mass is 15.1. The van der Waals surface area contributed by atoms with Gasteiger partial charge >= 0.3 is 0 Å². The van der Waals surface area contributed by atoms with Crippen LogP contribution in [0, 0.1) is 0 Å². The second-order valence-corrected chi connectivity index (χ2v) is 3.61. The maximum absolute atomic E-state index is 5.51. The first-order valence-electron chi connectivity index (χ1n) is 5.25. The van der Waals surface area contributed by atoms with Gasteiger partial charge in [0.25, 0.3) is 0 Å². The molecule has 3 heteroatoms. The first-order valence-corrected chi connectivity index (χ1v) is 5.25. The Hall–Kier alpha value is -1.87. The lowest BCUT2D eigenvalue weighted by atomic mass is 10.2. The molecular formula is C13H15N3. The maximum Gasteiger partial charge on any atom is 0.0594 e. The molecule has 0 saturated carbocycles. The van der Waals surface area contributed by atoms with Gasteiger partial charge in [0.1, 0.15) is 0 Å². The third kappa shape index (κ3) is 2.20. The zero-order valence-corrected chi connectivity index (χ0v) is 9.30. The van der Waals surface area contributed by atoms with E-state index in [4.69, 9.17) is 5.73 Å². The van der Waals surface area contributed by atoms with Crippen LogP contribution in [0.1, 0.15) is 5.69 Å². The van der Waals surface area contributed by atoms with E-state index in [0.717, 1.165) is 17.1 Å². The van der Waals surface area contributed by atoms with Gasteiger partial charge in [-0.3, -0.25) is 4.98 Å². The first kappa shape index (κ1) is 10.6. The number of para-hydroxylation sites is 1. The molecule has 0 unspecified atom stereocenters. The highest BCUT2D eigenvalue weighted by Crippen LogP contribution is 2.21. The molecule has 0 atom stereocenters. The molecule has 0 aliphatic heterocycles. The molecule has 0 aliphatic rings. The molecule has 3 nitrogen and oxygen atoms in total. The Labute approximate surface area is 95.5 Å². The van der Waals surface area contributed by atoms with Crippen LogP contribution >= 0.6 is 0 Å². The number of benzene rings is 1. The third-order valence-corrected chi connectivity index (χ3v) is 2.55. The number of pyridine rings is 1. The van der Waals surface area contributed by atoms with Gasteiger partial charge in [-0.2, -0.15) is 0 Å². The van der Waals surface area contributed by atoms with Crippen molar-refractivity contribution in [2.24, 2.45) is 5.73 Å². The molecule has 2 rings (SSSR count). The van der Waals surface area contributed by atoms with Crippen LogP contribution in [0.25, 0.3) is 0 Å². The summed E-state index contributed by atoms with van der Waals surface area (Å²) < 4.78 is 0. The van der Waals surface area contributed by atoms with Gasteiger partial charge in [-0.1, -0.05) is 18.2 Å². The highest BCUT2D eigenvalue weighted by Gasteiger charge is 2.03. The van der Waals surface area contributed by atoms with Crippen molar-refractivity contribution >= 4 is 11.4 Å². The monoisotopic (exact) mass is 213 g/mol. The van der Waals surface area contributed by atoms with E-state index >= 15 is 0 Å². The summed E-state index contributed by atoms with van der Waals surface area (Å²) in [5.74, 6) is 0. The summed E-state index contributed by atoms with van der Waals surface area (Å²) in [6.07, 6.45) is 1.84. The molecule has 1 heterocycles. The van der Waals surface area contributed by atoms with Crippen LogP contribution in [0.2, 0.25) is 0 Å². The minimum absolute atomic E-state index is 0.481. The summed E-state index contributed by atoms with van der Waals surface area (Å²) in [4.78, 5) is 6.37. The molecule has 82 valence electrons. The number of aromatic nitrogens is 1. The van der Waals surface area contributed by atoms with Gasteiger partial charge in [0, 0.05) is 19.3 Å². The van der Waals surface area contributed by atoms with E-state index < -0.39 is 0 Å². The van der Waals surface area contributed by atoms with E-state index in [0.29, 0.717) is 6.54 Å². The Morgan fingerprint density at radius 2 is 1.81 bits per heavy atom. The Bertz CT molecular complexity index is 436. The summed E-state index contributed by atoms with van der Waals surface area (Å²) in [7, 11) is 2.02. The molecule has 0 aliphatic carbocycles. The molecule has 1 aromatic heterocycles. The van der Waals surface area contributed by atoms with Crippen molar-refractivity contribution < 1.29 is 0 Å². The Morgan fingerprint density at radius 1 is 1.06 bits per heavy atom. The molecule has 2 aromatic rings. The molecule has 16 heavy (non-hydrogen) atoms. The van der Waals surface area contributed by atoms with Crippen molar-refractivity contribution in [3.63, 3.8) is 0 Å². The number of anilines is 2. The second-order valence-electron chi connectivity index (χ2n) is 3.61. The molecule has 0 amide bonds. The maximum atomic E-state index is 5.51. The van der Waals surface area contributed by atoms with Gasteiger partial charge in [-0.15, -0.1) is 0 Å². The minimum atomic E-state index is 0.481. The fourth-order valence-corrected chi connectivity index (χ4v) is 1.54. The van der Waals surface area contributed by atoms with E-state index in [1.165, 1.54) is 0 Å². The SMILES string of the molecule is CN(c1ccccc1)c1ccc(CN)nc1. The quantitative estimate of drug-likeness (QED) is 0.850. The number of rotatable bonds is 3. The molecule has 0 saturated heterocycles. The largest absolute Gasteiger partial charge is 0.343 e. The number of hydrogen-bond acceptors (Lipinski definition) is 3. The van der Waals surface area contributed by atoms with Crippen molar-refractivity contribution in [1.82, 2.24) is 4.98 Å². The predicted molar refractivity (Wildman–Crippen MR) is 66.6 cm³/mol. The fourth-order valence-electron chi connectivity index (χ4n) is 1.54. The summed E-state index contributed by atoms with van der Waals surface area (Å²) >= 11 is 0. The van der Waals surface area contributed by atoms with Crippen LogP contribution in [0.4, 0.5) is 11.4 Å². The number of hydrogen-bond donors (Lipinski definition) is 1. The van der Waals surface area contributed by atoms with Crippen LogP contribution in [0.15, 0.2) is 48.7 Å². The number of nitrogens with zero attached hydrogens (tertiary/aromatic N) is 2.